The van der Waals surface area contributed by atoms with Gasteiger partial charge in [0.1, 0.15) is 6.54 Å². The molecule has 7 nitrogen and oxygen atoms in total. The molecule has 18 heavy (non-hydrogen) atoms. The molecule has 1 aliphatic carbocycles. The molecule has 0 spiro atoms. The summed E-state index contributed by atoms with van der Waals surface area (Å²) < 4.78 is 1.16. The lowest BCUT2D eigenvalue weighted by Gasteiger charge is -2.20. The molecule has 1 aromatic heterocycles. The number of rotatable bonds is 6. The molecule has 2 rings (SSSR count). The van der Waals surface area contributed by atoms with E-state index in [4.69, 9.17) is 5.11 Å². The fraction of sp³-hybridized carbons (Fsp3) is 0.636. The molecule has 0 radical (unpaired) electrons. The van der Waals surface area contributed by atoms with E-state index in [1.807, 2.05) is 6.92 Å². The number of hydrogen-bond acceptors (Lipinski definition) is 4. The molecule has 1 aromatic rings. The zero-order valence-electron chi connectivity index (χ0n) is 10.2. The van der Waals surface area contributed by atoms with Gasteiger partial charge in [0.2, 0.25) is 0 Å². The number of aliphatic carboxylic acids is 1. The van der Waals surface area contributed by atoms with E-state index < -0.39 is 5.97 Å². The van der Waals surface area contributed by atoms with Gasteiger partial charge in [-0.1, -0.05) is 12.1 Å². The first-order valence-corrected chi connectivity index (χ1v) is 6.04. The molecule has 1 saturated carbocycles. The molecule has 1 fully saturated rings. The Balaban J connectivity index is 2.06. The molecule has 1 N–H and O–H groups in total. The van der Waals surface area contributed by atoms with Gasteiger partial charge in [0, 0.05) is 12.6 Å². The van der Waals surface area contributed by atoms with Gasteiger partial charge in [-0.15, -0.1) is 5.10 Å². The Bertz CT molecular complexity index is 453. The molecule has 0 atom stereocenters. The minimum absolute atomic E-state index is 0.156. The summed E-state index contributed by atoms with van der Waals surface area (Å²) in [5.74, 6) is -1.16. The van der Waals surface area contributed by atoms with Gasteiger partial charge in [-0.25, -0.2) is 4.68 Å². The fourth-order valence-corrected chi connectivity index (χ4v) is 1.84. The third-order valence-corrected chi connectivity index (χ3v) is 2.77. The van der Waals surface area contributed by atoms with Crippen LogP contribution in [0.4, 0.5) is 0 Å². The van der Waals surface area contributed by atoms with Crippen molar-refractivity contribution in [1.82, 2.24) is 19.9 Å². The first-order valence-electron chi connectivity index (χ1n) is 6.04. The summed E-state index contributed by atoms with van der Waals surface area (Å²) >= 11 is 0. The largest absolute Gasteiger partial charge is 0.480 e. The molecule has 1 heterocycles. The molecule has 98 valence electrons. The van der Waals surface area contributed by atoms with E-state index in [0.29, 0.717) is 12.6 Å². The van der Waals surface area contributed by atoms with Crippen LogP contribution in [-0.2, 0) is 11.3 Å². The zero-order valence-corrected chi connectivity index (χ0v) is 10.2. The Morgan fingerprint density at radius 3 is 2.83 bits per heavy atom. The molecule has 0 bridgehead atoms. The second-order valence-electron chi connectivity index (χ2n) is 4.42. The van der Waals surface area contributed by atoms with Crippen LogP contribution in [-0.4, -0.2) is 49.5 Å². The van der Waals surface area contributed by atoms with Crippen LogP contribution in [0, 0.1) is 0 Å². The van der Waals surface area contributed by atoms with Crippen molar-refractivity contribution >= 4 is 11.9 Å². The second kappa shape index (κ2) is 5.16. The fourth-order valence-electron chi connectivity index (χ4n) is 1.84. The zero-order chi connectivity index (χ0) is 13.1. The summed E-state index contributed by atoms with van der Waals surface area (Å²) in [5, 5.41) is 16.0. The van der Waals surface area contributed by atoms with Gasteiger partial charge >= 0.3 is 5.97 Å². The summed E-state index contributed by atoms with van der Waals surface area (Å²) in [5.41, 5.74) is 0.219. The van der Waals surface area contributed by atoms with Gasteiger partial charge in [-0.2, -0.15) is 0 Å². The summed E-state index contributed by atoms with van der Waals surface area (Å²) in [6.45, 7) is 2.44. The SMILES string of the molecule is CCCN(C(=O)c1cn(CC(=O)O)nn1)C1CC1. The predicted molar refractivity (Wildman–Crippen MR) is 62.0 cm³/mol. The van der Waals surface area contributed by atoms with Crippen LogP contribution in [0.3, 0.4) is 0 Å². The van der Waals surface area contributed by atoms with Gasteiger partial charge < -0.3 is 10.0 Å². The molecule has 0 saturated heterocycles. The average molecular weight is 252 g/mol. The molecule has 0 aromatic carbocycles. The number of carboxylic acids is 1. The summed E-state index contributed by atoms with van der Waals surface area (Å²) in [6.07, 6.45) is 4.36. The lowest BCUT2D eigenvalue weighted by molar-refractivity contribution is -0.137. The number of carbonyl (C=O) groups excluding carboxylic acids is 1. The monoisotopic (exact) mass is 252 g/mol. The third kappa shape index (κ3) is 2.85. The summed E-state index contributed by atoms with van der Waals surface area (Å²) in [7, 11) is 0. The van der Waals surface area contributed by atoms with Crippen LogP contribution >= 0.6 is 0 Å². The molecule has 7 heteroatoms. The van der Waals surface area contributed by atoms with Crippen molar-refractivity contribution in [3.63, 3.8) is 0 Å². The Morgan fingerprint density at radius 2 is 2.28 bits per heavy atom. The average Bonchev–Trinajstić information content (AvgIpc) is 3.05. The van der Waals surface area contributed by atoms with Crippen molar-refractivity contribution in [2.45, 2.75) is 38.8 Å². The minimum Gasteiger partial charge on any atom is -0.480 e. The van der Waals surface area contributed by atoms with E-state index in [1.165, 1.54) is 6.20 Å². The van der Waals surface area contributed by atoms with Crippen LogP contribution in [0.2, 0.25) is 0 Å². The highest BCUT2D eigenvalue weighted by Gasteiger charge is 2.33. The highest BCUT2D eigenvalue weighted by molar-refractivity contribution is 5.92. The molecule has 0 unspecified atom stereocenters. The smallest absolute Gasteiger partial charge is 0.325 e. The van der Waals surface area contributed by atoms with Gasteiger partial charge in [-0.05, 0) is 19.3 Å². The van der Waals surface area contributed by atoms with Crippen molar-refractivity contribution in [2.75, 3.05) is 6.54 Å². The van der Waals surface area contributed by atoms with Crippen molar-refractivity contribution in [3.8, 4) is 0 Å². The minimum atomic E-state index is -1.01. The number of amides is 1. The Morgan fingerprint density at radius 1 is 1.56 bits per heavy atom. The second-order valence-corrected chi connectivity index (χ2v) is 4.42. The normalized spacial score (nSPS) is 14.5. The van der Waals surface area contributed by atoms with E-state index >= 15 is 0 Å². The molecule has 1 amide bonds. The van der Waals surface area contributed by atoms with Gasteiger partial charge in [-0.3, -0.25) is 9.59 Å². The van der Waals surface area contributed by atoms with Crippen LogP contribution < -0.4 is 0 Å². The van der Waals surface area contributed by atoms with Crippen molar-refractivity contribution < 1.29 is 14.7 Å². The van der Waals surface area contributed by atoms with Crippen LogP contribution in [0.25, 0.3) is 0 Å². The van der Waals surface area contributed by atoms with Gasteiger partial charge in [0.05, 0.1) is 6.20 Å². The van der Waals surface area contributed by atoms with Crippen LogP contribution in [0.15, 0.2) is 6.20 Å². The van der Waals surface area contributed by atoms with Crippen molar-refractivity contribution in [3.05, 3.63) is 11.9 Å². The highest BCUT2D eigenvalue weighted by Crippen LogP contribution is 2.28. The molecule has 0 aliphatic heterocycles. The number of nitrogens with zero attached hydrogens (tertiary/aromatic N) is 4. The maximum atomic E-state index is 12.2. The molecular formula is C11H16N4O3. The quantitative estimate of drug-likeness (QED) is 0.790. The number of carbonyl (C=O) groups is 2. The Labute approximate surface area is 104 Å². The van der Waals surface area contributed by atoms with E-state index in [2.05, 4.69) is 10.3 Å². The Hall–Kier alpha value is -1.92. The van der Waals surface area contributed by atoms with Crippen molar-refractivity contribution in [1.29, 1.82) is 0 Å². The number of aromatic nitrogens is 3. The standard InChI is InChI=1S/C11H16N4O3/c1-2-5-15(8-3-4-8)11(18)9-6-14(13-12-9)7-10(16)17/h6,8H,2-5,7H2,1H3,(H,16,17). The van der Waals surface area contributed by atoms with Crippen LogP contribution in [0.5, 0.6) is 0 Å². The summed E-state index contributed by atoms with van der Waals surface area (Å²) in [6, 6.07) is 0.321. The van der Waals surface area contributed by atoms with E-state index in [1.54, 1.807) is 4.90 Å². The van der Waals surface area contributed by atoms with Crippen LogP contribution in [0.1, 0.15) is 36.7 Å². The number of hydrogen-bond donors (Lipinski definition) is 1. The van der Waals surface area contributed by atoms with Gasteiger partial charge in [0.25, 0.3) is 5.91 Å². The first-order chi connectivity index (χ1) is 8.61. The van der Waals surface area contributed by atoms with Crippen molar-refractivity contribution in [2.24, 2.45) is 0 Å². The maximum absolute atomic E-state index is 12.2. The van der Waals surface area contributed by atoms with Gasteiger partial charge in [0.15, 0.2) is 5.69 Å². The summed E-state index contributed by atoms with van der Waals surface area (Å²) in [4.78, 5) is 24.5. The lowest BCUT2D eigenvalue weighted by Crippen LogP contribution is -2.34. The topological polar surface area (TPSA) is 88.3 Å². The number of carboxylic acid groups (broad SMARTS) is 1. The molecular weight excluding hydrogens is 236 g/mol. The van der Waals surface area contributed by atoms with E-state index in [-0.39, 0.29) is 18.1 Å². The highest BCUT2D eigenvalue weighted by atomic mass is 16.4. The Kier molecular flexibility index (Phi) is 3.59. The predicted octanol–water partition coefficient (Wildman–Crippen LogP) is 0.377. The molecule has 1 aliphatic rings. The van der Waals surface area contributed by atoms with E-state index in [9.17, 15) is 9.59 Å². The maximum Gasteiger partial charge on any atom is 0.325 e. The first kappa shape index (κ1) is 12.5. The van der Waals surface area contributed by atoms with E-state index in [0.717, 1.165) is 23.9 Å². The third-order valence-electron chi connectivity index (χ3n) is 2.77. The lowest BCUT2D eigenvalue weighted by atomic mass is 10.3.